The molecule has 1 unspecified atom stereocenters. The van der Waals surface area contributed by atoms with Crippen LogP contribution in [0.15, 0.2) is 48.7 Å². The maximum Gasteiger partial charge on any atom is 0.324 e. The second kappa shape index (κ2) is 7.93. The van der Waals surface area contributed by atoms with Gasteiger partial charge in [0.25, 0.3) is 0 Å². The highest BCUT2D eigenvalue weighted by atomic mass is 32.1. The molecule has 2 amide bonds. The van der Waals surface area contributed by atoms with Crippen molar-refractivity contribution in [1.29, 1.82) is 0 Å². The standard InChI is InChI=1S/C20H22N6OS/c1-3-15-13-25(2)17-10-5-4-8-14(17)12-26(15)20(27)22-19-24-23-18(28-19)16-9-6-7-11-21-16/h4-11,15H,3,12-13H2,1-2H3,(H,22,24,27). The SMILES string of the molecule is CCC1CN(C)c2ccccc2CN1C(=O)Nc1nnc(-c2ccccn2)s1. The lowest BCUT2D eigenvalue weighted by Crippen LogP contribution is -2.45. The summed E-state index contributed by atoms with van der Waals surface area (Å²) in [4.78, 5) is 21.5. The smallest absolute Gasteiger partial charge is 0.324 e. The largest absolute Gasteiger partial charge is 0.372 e. The summed E-state index contributed by atoms with van der Waals surface area (Å²) in [6, 6.07) is 13.8. The van der Waals surface area contributed by atoms with Crippen LogP contribution in [-0.4, -0.2) is 45.7 Å². The fourth-order valence-corrected chi connectivity index (χ4v) is 4.17. The fourth-order valence-electron chi connectivity index (χ4n) is 3.46. The molecule has 144 valence electrons. The molecule has 0 bridgehead atoms. The molecule has 1 aromatic carbocycles. The number of para-hydroxylation sites is 1. The number of nitrogens with one attached hydrogen (secondary N) is 1. The van der Waals surface area contributed by atoms with Gasteiger partial charge in [-0.15, -0.1) is 10.2 Å². The van der Waals surface area contributed by atoms with Gasteiger partial charge in [-0.1, -0.05) is 42.5 Å². The molecule has 1 N–H and O–H groups in total. The summed E-state index contributed by atoms with van der Waals surface area (Å²) in [6.07, 6.45) is 2.59. The minimum absolute atomic E-state index is 0.112. The van der Waals surface area contributed by atoms with Crippen molar-refractivity contribution < 1.29 is 4.79 Å². The number of likely N-dealkylation sites (N-methyl/N-ethyl adjacent to an activating group) is 1. The van der Waals surface area contributed by atoms with Crippen LogP contribution in [0.2, 0.25) is 0 Å². The molecule has 3 heterocycles. The maximum atomic E-state index is 13.1. The Kier molecular flexibility index (Phi) is 5.21. The monoisotopic (exact) mass is 394 g/mol. The molecule has 28 heavy (non-hydrogen) atoms. The van der Waals surface area contributed by atoms with Crippen molar-refractivity contribution in [3.05, 3.63) is 54.2 Å². The van der Waals surface area contributed by atoms with Gasteiger partial charge >= 0.3 is 6.03 Å². The molecular weight excluding hydrogens is 372 g/mol. The first-order chi connectivity index (χ1) is 13.7. The first kappa shape index (κ1) is 18.4. The fraction of sp³-hybridized carbons (Fsp3) is 0.300. The molecule has 0 fully saturated rings. The van der Waals surface area contributed by atoms with Gasteiger partial charge in [0, 0.05) is 32.0 Å². The van der Waals surface area contributed by atoms with Gasteiger partial charge in [0.2, 0.25) is 5.13 Å². The molecule has 0 aliphatic carbocycles. The predicted molar refractivity (Wildman–Crippen MR) is 111 cm³/mol. The van der Waals surface area contributed by atoms with Crippen molar-refractivity contribution in [3.8, 4) is 10.7 Å². The van der Waals surface area contributed by atoms with E-state index in [1.165, 1.54) is 17.0 Å². The molecule has 3 aromatic rings. The summed E-state index contributed by atoms with van der Waals surface area (Å²) in [5, 5.41) is 12.4. The number of hydrogen-bond donors (Lipinski definition) is 1. The summed E-state index contributed by atoms with van der Waals surface area (Å²) in [7, 11) is 2.08. The van der Waals surface area contributed by atoms with Crippen LogP contribution in [0.25, 0.3) is 10.7 Å². The third kappa shape index (κ3) is 3.68. The Morgan fingerprint density at radius 2 is 2.04 bits per heavy atom. The third-order valence-electron chi connectivity index (χ3n) is 4.92. The lowest BCUT2D eigenvalue weighted by Gasteiger charge is -2.30. The highest BCUT2D eigenvalue weighted by Crippen LogP contribution is 2.29. The minimum atomic E-state index is -0.152. The van der Waals surface area contributed by atoms with E-state index in [9.17, 15) is 4.79 Å². The third-order valence-corrected chi connectivity index (χ3v) is 5.79. The molecular formula is C20H22N6OS. The average Bonchev–Trinajstić information content (AvgIpc) is 3.13. The summed E-state index contributed by atoms with van der Waals surface area (Å²) >= 11 is 1.32. The summed E-state index contributed by atoms with van der Waals surface area (Å²) in [6.45, 7) is 3.46. The summed E-state index contributed by atoms with van der Waals surface area (Å²) < 4.78 is 0. The van der Waals surface area contributed by atoms with Crippen molar-refractivity contribution in [2.24, 2.45) is 0 Å². The zero-order valence-corrected chi connectivity index (χ0v) is 16.7. The van der Waals surface area contributed by atoms with Crippen molar-refractivity contribution >= 4 is 28.2 Å². The molecule has 0 saturated carbocycles. The minimum Gasteiger partial charge on any atom is -0.372 e. The van der Waals surface area contributed by atoms with Gasteiger partial charge in [0.05, 0.1) is 6.04 Å². The number of anilines is 2. The van der Waals surface area contributed by atoms with Crippen LogP contribution in [0.3, 0.4) is 0 Å². The van der Waals surface area contributed by atoms with E-state index < -0.39 is 0 Å². The highest BCUT2D eigenvalue weighted by molar-refractivity contribution is 7.18. The van der Waals surface area contributed by atoms with E-state index in [1.54, 1.807) is 6.20 Å². The van der Waals surface area contributed by atoms with E-state index in [-0.39, 0.29) is 12.1 Å². The van der Waals surface area contributed by atoms with Crippen molar-refractivity contribution in [2.75, 3.05) is 23.8 Å². The number of urea groups is 1. The number of benzene rings is 1. The van der Waals surface area contributed by atoms with Crippen molar-refractivity contribution in [2.45, 2.75) is 25.9 Å². The van der Waals surface area contributed by atoms with Crippen LogP contribution in [0.1, 0.15) is 18.9 Å². The Hall–Kier alpha value is -3.00. The normalized spacial score (nSPS) is 16.4. The van der Waals surface area contributed by atoms with E-state index in [1.807, 2.05) is 35.2 Å². The van der Waals surface area contributed by atoms with Gasteiger partial charge < -0.3 is 9.80 Å². The lowest BCUT2D eigenvalue weighted by atomic mass is 10.1. The molecule has 1 atom stereocenters. The first-order valence-electron chi connectivity index (χ1n) is 9.27. The van der Waals surface area contributed by atoms with Crippen LogP contribution >= 0.6 is 11.3 Å². The Balaban J connectivity index is 1.54. The van der Waals surface area contributed by atoms with Crippen LogP contribution in [0.4, 0.5) is 15.6 Å². The predicted octanol–water partition coefficient (Wildman–Crippen LogP) is 3.86. The van der Waals surface area contributed by atoms with E-state index in [0.29, 0.717) is 16.7 Å². The van der Waals surface area contributed by atoms with Crippen LogP contribution in [0.5, 0.6) is 0 Å². The number of hydrogen-bond acceptors (Lipinski definition) is 6. The lowest BCUT2D eigenvalue weighted by molar-refractivity contribution is 0.185. The second-order valence-electron chi connectivity index (χ2n) is 6.76. The molecule has 0 radical (unpaired) electrons. The number of carbonyl (C=O) groups is 1. The van der Waals surface area contributed by atoms with E-state index in [0.717, 1.165) is 24.2 Å². The Labute approximate surface area is 168 Å². The number of aromatic nitrogens is 3. The summed E-state index contributed by atoms with van der Waals surface area (Å²) in [5.41, 5.74) is 3.06. The van der Waals surface area contributed by atoms with E-state index >= 15 is 0 Å². The first-order valence-corrected chi connectivity index (χ1v) is 10.1. The van der Waals surface area contributed by atoms with Gasteiger partial charge in [0.1, 0.15) is 5.69 Å². The van der Waals surface area contributed by atoms with Gasteiger partial charge in [-0.3, -0.25) is 10.3 Å². The van der Waals surface area contributed by atoms with Gasteiger partial charge in [0.15, 0.2) is 5.01 Å². The molecule has 1 aliphatic rings. The Morgan fingerprint density at radius 3 is 2.82 bits per heavy atom. The molecule has 7 nitrogen and oxygen atoms in total. The van der Waals surface area contributed by atoms with Gasteiger partial charge in [-0.25, -0.2) is 4.79 Å². The molecule has 1 aliphatic heterocycles. The van der Waals surface area contributed by atoms with E-state index in [4.69, 9.17) is 0 Å². The zero-order valence-electron chi connectivity index (χ0n) is 15.9. The number of carbonyl (C=O) groups excluding carboxylic acids is 1. The molecule has 0 spiro atoms. The van der Waals surface area contributed by atoms with Crippen LogP contribution in [-0.2, 0) is 6.54 Å². The molecule has 0 saturated heterocycles. The topological polar surface area (TPSA) is 74.2 Å². The number of pyridine rings is 1. The maximum absolute atomic E-state index is 13.1. The Bertz CT molecular complexity index is 960. The quantitative estimate of drug-likeness (QED) is 0.730. The molecule has 2 aromatic heterocycles. The van der Waals surface area contributed by atoms with Crippen molar-refractivity contribution in [3.63, 3.8) is 0 Å². The molecule has 4 rings (SSSR count). The molecule has 8 heteroatoms. The van der Waals surface area contributed by atoms with Gasteiger partial charge in [-0.05, 0) is 30.2 Å². The second-order valence-corrected chi connectivity index (χ2v) is 7.73. The summed E-state index contributed by atoms with van der Waals surface area (Å²) in [5.74, 6) is 0. The number of nitrogens with zero attached hydrogens (tertiary/aromatic N) is 5. The average molecular weight is 395 g/mol. The van der Waals surface area contributed by atoms with Crippen molar-refractivity contribution in [1.82, 2.24) is 20.1 Å². The number of amides is 2. The number of rotatable bonds is 3. The number of fused-ring (bicyclic) bond motifs is 1. The van der Waals surface area contributed by atoms with E-state index in [2.05, 4.69) is 51.5 Å². The van der Waals surface area contributed by atoms with Crippen LogP contribution < -0.4 is 10.2 Å². The Morgan fingerprint density at radius 1 is 1.21 bits per heavy atom. The van der Waals surface area contributed by atoms with Crippen LogP contribution in [0, 0.1) is 0 Å². The van der Waals surface area contributed by atoms with Gasteiger partial charge in [-0.2, -0.15) is 0 Å². The highest BCUT2D eigenvalue weighted by Gasteiger charge is 2.29. The zero-order chi connectivity index (χ0) is 19.5.